The van der Waals surface area contributed by atoms with Gasteiger partial charge in [-0.25, -0.2) is 0 Å². The van der Waals surface area contributed by atoms with E-state index in [4.69, 9.17) is 5.73 Å². The van der Waals surface area contributed by atoms with Crippen LogP contribution in [0.3, 0.4) is 0 Å². The summed E-state index contributed by atoms with van der Waals surface area (Å²) in [5, 5.41) is 0. The number of hydrogen-bond donors (Lipinski definition) is 1. The zero-order valence-corrected chi connectivity index (χ0v) is 14.4. The monoisotopic (exact) mass is 308 g/mol. The predicted molar refractivity (Wildman–Crippen MR) is 92.0 cm³/mol. The van der Waals surface area contributed by atoms with Gasteiger partial charge in [0, 0.05) is 25.7 Å². The lowest BCUT2D eigenvalue weighted by Gasteiger charge is -2.29. The van der Waals surface area contributed by atoms with Gasteiger partial charge in [0.15, 0.2) is 0 Å². The fourth-order valence-electron chi connectivity index (χ4n) is 4.17. The van der Waals surface area contributed by atoms with Gasteiger partial charge in [-0.3, -0.25) is 4.90 Å². The molecular weight excluding hydrogens is 280 g/mol. The van der Waals surface area contributed by atoms with Gasteiger partial charge in [0.05, 0.1) is 0 Å². The summed E-state index contributed by atoms with van der Waals surface area (Å²) in [6.07, 6.45) is 3.96. The first-order valence-electron chi connectivity index (χ1n) is 8.09. The van der Waals surface area contributed by atoms with E-state index in [9.17, 15) is 0 Å². The molecule has 3 heteroatoms. The van der Waals surface area contributed by atoms with Crippen molar-refractivity contribution in [1.29, 1.82) is 0 Å². The van der Waals surface area contributed by atoms with Crippen molar-refractivity contribution < 1.29 is 0 Å². The molecule has 2 nitrogen and oxygen atoms in total. The van der Waals surface area contributed by atoms with Gasteiger partial charge in [0.1, 0.15) is 0 Å². The van der Waals surface area contributed by atoms with Gasteiger partial charge in [-0.15, -0.1) is 12.4 Å². The molecule has 3 atom stereocenters. The van der Waals surface area contributed by atoms with Crippen molar-refractivity contribution in [1.82, 2.24) is 4.90 Å². The summed E-state index contributed by atoms with van der Waals surface area (Å²) < 4.78 is 0. The molecule has 1 saturated carbocycles. The first kappa shape index (κ1) is 16.8. The topological polar surface area (TPSA) is 29.3 Å². The summed E-state index contributed by atoms with van der Waals surface area (Å²) in [5.74, 6) is 1.60. The van der Waals surface area contributed by atoms with E-state index in [0.717, 1.165) is 18.4 Å². The standard InChI is InChI=1S/C18H28N2.ClH/c1-12-7-14(3)16(8-13(12)2)10-20-9-15-5-4-6-18(19)17(15)11-20;/h7-8,15,17-18H,4-6,9-11,19H2,1-3H3;1H. The normalized spacial score (nSPS) is 29.0. The SMILES string of the molecule is Cc1cc(C)c(CN2CC3CCCC(N)C3C2)cc1C.Cl. The largest absolute Gasteiger partial charge is 0.327 e. The number of nitrogens with two attached hydrogens (primary N) is 1. The van der Waals surface area contributed by atoms with E-state index >= 15 is 0 Å². The molecule has 1 heterocycles. The Hall–Kier alpha value is -0.570. The van der Waals surface area contributed by atoms with Crippen LogP contribution in [-0.2, 0) is 6.54 Å². The summed E-state index contributed by atoms with van der Waals surface area (Å²) in [6.45, 7) is 10.2. The van der Waals surface area contributed by atoms with Crippen molar-refractivity contribution in [2.45, 2.75) is 52.6 Å². The van der Waals surface area contributed by atoms with Crippen LogP contribution in [0.15, 0.2) is 12.1 Å². The second kappa shape index (κ2) is 6.68. The van der Waals surface area contributed by atoms with Crippen LogP contribution < -0.4 is 5.73 Å². The van der Waals surface area contributed by atoms with E-state index in [1.165, 1.54) is 54.6 Å². The Kier molecular flexibility index (Phi) is 5.34. The third-order valence-electron chi connectivity index (χ3n) is 5.58. The molecule has 3 rings (SSSR count). The van der Waals surface area contributed by atoms with Crippen LogP contribution in [0.1, 0.15) is 41.5 Å². The van der Waals surface area contributed by atoms with E-state index in [1.54, 1.807) is 0 Å². The number of benzene rings is 1. The summed E-state index contributed by atoms with van der Waals surface area (Å²) >= 11 is 0. The van der Waals surface area contributed by atoms with Crippen LogP contribution >= 0.6 is 12.4 Å². The van der Waals surface area contributed by atoms with Gasteiger partial charge in [0.2, 0.25) is 0 Å². The van der Waals surface area contributed by atoms with Crippen molar-refractivity contribution >= 4 is 12.4 Å². The molecule has 21 heavy (non-hydrogen) atoms. The lowest BCUT2D eigenvalue weighted by atomic mass is 9.78. The Bertz CT molecular complexity index is 500. The van der Waals surface area contributed by atoms with E-state index < -0.39 is 0 Å². The number of halogens is 1. The van der Waals surface area contributed by atoms with Crippen molar-refractivity contribution in [3.8, 4) is 0 Å². The predicted octanol–water partition coefficient (Wildman–Crippen LogP) is 3.59. The number of nitrogens with zero attached hydrogens (tertiary/aromatic N) is 1. The molecule has 2 N–H and O–H groups in total. The fraction of sp³-hybridized carbons (Fsp3) is 0.667. The number of likely N-dealkylation sites (tertiary alicyclic amines) is 1. The van der Waals surface area contributed by atoms with Gasteiger partial charge in [-0.05, 0) is 67.7 Å². The van der Waals surface area contributed by atoms with Crippen molar-refractivity contribution in [2.24, 2.45) is 17.6 Å². The lowest BCUT2D eigenvalue weighted by Crippen LogP contribution is -2.38. The Morgan fingerprint density at radius 1 is 1.05 bits per heavy atom. The summed E-state index contributed by atoms with van der Waals surface area (Å²) in [6, 6.07) is 5.16. The molecule has 1 aliphatic carbocycles. The highest BCUT2D eigenvalue weighted by molar-refractivity contribution is 5.85. The van der Waals surface area contributed by atoms with Gasteiger partial charge in [0.25, 0.3) is 0 Å². The molecule has 1 aromatic carbocycles. The molecule has 1 saturated heterocycles. The molecule has 0 amide bonds. The van der Waals surface area contributed by atoms with E-state index in [2.05, 4.69) is 37.8 Å². The zero-order chi connectivity index (χ0) is 14.3. The molecule has 0 bridgehead atoms. The highest BCUT2D eigenvalue weighted by Gasteiger charge is 2.38. The number of fused-ring (bicyclic) bond motifs is 1. The quantitative estimate of drug-likeness (QED) is 0.904. The third kappa shape index (κ3) is 3.44. The minimum Gasteiger partial charge on any atom is -0.327 e. The van der Waals surface area contributed by atoms with Crippen LogP contribution in [-0.4, -0.2) is 24.0 Å². The third-order valence-corrected chi connectivity index (χ3v) is 5.58. The second-order valence-corrected chi connectivity index (χ2v) is 7.08. The summed E-state index contributed by atoms with van der Waals surface area (Å²) in [5.41, 5.74) is 12.1. The second-order valence-electron chi connectivity index (χ2n) is 7.08. The highest BCUT2D eigenvalue weighted by atomic mass is 35.5. The van der Waals surface area contributed by atoms with Gasteiger partial charge < -0.3 is 5.73 Å². The zero-order valence-electron chi connectivity index (χ0n) is 13.6. The molecule has 2 fully saturated rings. The molecular formula is C18H29ClN2. The first-order valence-corrected chi connectivity index (χ1v) is 8.09. The number of aryl methyl sites for hydroxylation is 3. The summed E-state index contributed by atoms with van der Waals surface area (Å²) in [7, 11) is 0. The van der Waals surface area contributed by atoms with Crippen LogP contribution in [0.2, 0.25) is 0 Å². The van der Waals surface area contributed by atoms with E-state index in [0.29, 0.717) is 6.04 Å². The minimum atomic E-state index is 0. The van der Waals surface area contributed by atoms with E-state index in [-0.39, 0.29) is 12.4 Å². The van der Waals surface area contributed by atoms with Crippen LogP contribution in [0, 0.1) is 32.6 Å². The Labute approximate surface area is 135 Å². The molecule has 1 aliphatic heterocycles. The highest BCUT2D eigenvalue weighted by Crippen LogP contribution is 2.36. The van der Waals surface area contributed by atoms with Crippen molar-refractivity contribution in [2.75, 3.05) is 13.1 Å². The van der Waals surface area contributed by atoms with E-state index in [1.807, 2.05) is 0 Å². The lowest BCUT2D eigenvalue weighted by molar-refractivity contribution is 0.259. The molecule has 118 valence electrons. The van der Waals surface area contributed by atoms with Crippen molar-refractivity contribution in [3.05, 3.63) is 34.4 Å². The maximum Gasteiger partial charge on any atom is 0.0236 e. The first-order chi connectivity index (χ1) is 9.54. The number of rotatable bonds is 2. The minimum absolute atomic E-state index is 0. The van der Waals surface area contributed by atoms with Crippen LogP contribution in [0.5, 0.6) is 0 Å². The molecule has 1 aromatic rings. The average molecular weight is 309 g/mol. The maximum absolute atomic E-state index is 6.32. The molecule has 3 unspecified atom stereocenters. The molecule has 0 aromatic heterocycles. The van der Waals surface area contributed by atoms with Gasteiger partial charge in [-0.1, -0.05) is 18.6 Å². The van der Waals surface area contributed by atoms with Crippen LogP contribution in [0.25, 0.3) is 0 Å². The molecule has 0 spiro atoms. The van der Waals surface area contributed by atoms with Gasteiger partial charge >= 0.3 is 0 Å². The Morgan fingerprint density at radius 2 is 1.76 bits per heavy atom. The smallest absolute Gasteiger partial charge is 0.0236 e. The van der Waals surface area contributed by atoms with Crippen LogP contribution in [0.4, 0.5) is 0 Å². The summed E-state index contributed by atoms with van der Waals surface area (Å²) in [4.78, 5) is 2.64. The van der Waals surface area contributed by atoms with Crippen molar-refractivity contribution in [3.63, 3.8) is 0 Å². The Balaban J connectivity index is 0.00000161. The maximum atomic E-state index is 6.32. The fourth-order valence-corrected chi connectivity index (χ4v) is 4.17. The van der Waals surface area contributed by atoms with Gasteiger partial charge in [-0.2, -0.15) is 0 Å². The number of hydrogen-bond acceptors (Lipinski definition) is 2. The molecule has 0 radical (unpaired) electrons. The molecule has 2 aliphatic rings. The average Bonchev–Trinajstić information content (AvgIpc) is 2.80. The Morgan fingerprint density at radius 3 is 2.48 bits per heavy atom.